The molecular weight excluding hydrogens is 401 g/mol. The molecule has 110 valence electrons. The molecule has 0 N–H and O–H groups in total. The summed E-state index contributed by atoms with van der Waals surface area (Å²) < 4.78 is 13.8. The lowest BCUT2D eigenvalue weighted by Gasteiger charge is -2.22. The van der Waals surface area contributed by atoms with Crippen molar-refractivity contribution in [2.24, 2.45) is 0 Å². The van der Waals surface area contributed by atoms with Gasteiger partial charge in [0.2, 0.25) is 0 Å². The molecule has 2 nitrogen and oxygen atoms in total. The van der Waals surface area contributed by atoms with E-state index in [1.165, 1.54) is 6.07 Å². The molecule has 2 aromatic carbocycles. The van der Waals surface area contributed by atoms with E-state index in [9.17, 15) is 9.18 Å². The first kappa shape index (κ1) is 16.2. The fourth-order valence-corrected chi connectivity index (χ4v) is 2.86. The summed E-state index contributed by atoms with van der Waals surface area (Å²) in [6.07, 6.45) is 0. The zero-order valence-corrected chi connectivity index (χ0v) is 14.4. The van der Waals surface area contributed by atoms with Gasteiger partial charge in [-0.25, -0.2) is 4.39 Å². The van der Waals surface area contributed by atoms with Crippen LogP contribution in [0.2, 0.25) is 0 Å². The van der Waals surface area contributed by atoms with Crippen molar-refractivity contribution < 1.29 is 9.18 Å². The van der Waals surface area contributed by atoms with Gasteiger partial charge in [-0.05, 0) is 33.6 Å². The molecule has 0 spiro atoms. The highest BCUT2D eigenvalue weighted by atomic mass is 79.9. The third kappa shape index (κ3) is 4.14. The van der Waals surface area contributed by atoms with E-state index in [-0.39, 0.29) is 10.4 Å². The highest BCUT2D eigenvalue weighted by molar-refractivity contribution is 9.10. The number of carbonyl (C=O) groups excluding carboxylic acids is 1. The summed E-state index contributed by atoms with van der Waals surface area (Å²) in [5.41, 5.74) is 1.38. The van der Waals surface area contributed by atoms with Crippen LogP contribution in [0.15, 0.2) is 53.0 Å². The fraction of sp³-hybridized carbons (Fsp3) is 0.188. The van der Waals surface area contributed by atoms with E-state index in [4.69, 9.17) is 0 Å². The number of benzene rings is 2. The zero-order chi connectivity index (χ0) is 15.2. The Morgan fingerprint density at radius 1 is 1.10 bits per heavy atom. The number of alkyl halides is 1. The van der Waals surface area contributed by atoms with Crippen molar-refractivity contribution in [2.75, 3.05) is 11.9 Å². The minimum Gasteiger partial charge on any atom is -0.333 e. The van der Waals surface area contributed by atoms with Crippen LogP contribution in [0, 0.1) is 5.82 Å². The SMILES string of the molecule is O=C(c1cccc(F)c1Br)N(CCBr)Cc1ccccc1. The van der Waals surface area contributed by atoms with Gasteiger partial charge in [-0.2, -0.15) is 0 Å². The van der Waals surface area contributed by atoms with E-state index in [2.05, 4.69) is 31.9 Å². The van der Waals surface area contributed by atoms with Crippen LogP contribution in [0.1, 0.15) is 15.9 Å². The summed E-state index contributed by atoms with van der Waals surface area (Å²) in [5, 5.41) is 0.665. The summed E-state index contributed by atoms with van der Waals surface area (Å²) in [6.45, 7) is 1.05. The van der Waals surface area contributed by atoms with Crippen molar-refractivity contribution in [1.82, 2.24) is 4.90 Å². The van der Waals surface area contributed by atoms with Gasteiger partial charge in [-0.3, -0.25) is 4.79 Å². The lowest BCUT2D eigenvalue weighted by Crippen LogP contribution is -2.32. The molecule has 0 saturated heterocycles. The lowest BCUT2D eigenvalue weighted by molar-refractivity contribution is 0.0753. The molecular formula is C16H14Br2FNO. The van der Waals surface area contributed by atoms with Gasteiger partial charge >= 0.3 is 0 Å². The second-order valence-electron chi connectivity index (χ2n) is 4.50. The van der Waals surface area contributed by atoms with E-state index in [1.807, 2.05) is 30.3 Å². The van der Waals surface area contributed by atoms with Crippen LogP contribution in [-0.2, 0) is 6.54 Å². The average molecular weight is 415 g/mol. The fourth-order valence-electron chi connectivity index (χ4n) is 2.00. The van der Waals surface area contributed by atoms with Gasteiger partial charge in [-0.15, -0.1) is 0 Å². The topological polar surface area (TPSA) is 20.3 Å². The molecule has 0 aliphatic heterocycles. The summed E-state index contributed by atoms with van der Waals surface area (Å²) in [5.74, 6) is -0.621. The molecule has 0 aliphatic rings. The quantitative estimate of drug-likeness (QED) is 0.653. The molecule has 2 aromatic rings. The number of amides is 1. The minimum absolute atomic E-state index is 0.190. The summed E-state index contributed by atoms with van der Waals surface area (Å²) in [6, 6.07) is 14.2. The first-order valence-electron chi connectivity index (χ1n) is 6.46. The standard InChI is InChI=1S/C16H14Br2FNO/c17-9-10-20(11-12-5-2-1-3-6-12)16(21)13-7-4-8-14(19)15(13)18/h1-8H,9-11H2. The highest BCUT2D eigenvalue weighted by Crippen LogP contribution is 2.22. The molecule has 2 rings (SSSR count). The third-order valence-electron chi connectivity index (χ3n) is 3.04. The first-order valence-corrected chi connectivity index (χ1v) is 8.38. The summed E-state index contributed by atoms with van der Waals surface area (Å²) in [7, 11) is 0. The van der Waals surface area contributed by atoms with Gasteiger partial charge in [0.15, 0.2) is 0 Å². The van der Waals surface area contributed by atoms with E-state index in [1.54, 1.807) is 17.0 Å². The Morgan fingerprint density at radius 3 is 2.48 bits per heavy atom. The van der Waals surface area contributed by atoms with Crippen molar-refractivity contribution in [2.45, 2.75) is 6.54 Å². The second-order valence-corrected chi connectivity index (χ2v) is 6.09. The van der Waals surface area contributed by atoms with Gasteiger partial charge < -0.3 is 4.90 Å². The number of rotatable bonds is 5. The molecule has 0 saturated carbocycles. The number of nitrogens with zero attached hydrogens (tertiary/aromatic N) is 1. The molecule has 21 heavy (non-hydrogen) atoms. The van der Waals surface area contributed by atoms with Crippen molar-refractivity contribution in [3.05, 3.63) is 69.9 Å². The molecule has 1 amide bonds. The number of halogens is 3. The molecule has 0 aromatic heterocycles. The summed E-state index contributed by atoms with van der Waals surface area (Å²) in [4.78, 5) is 14.3. The van der Waals surface area contributed by atoms with Crippen LogP contribution in [0.25, 0.3) is 0 Å². The average Bonchev–Trinajstić information content (AvgIpc) is 2.50. The minimum atomic E-state index is -0.431. The van der Waals surface area contributed by atoms with Crippen LogP contribution >= 0.6 is 31.9 Å². The van der Waals surface area contributed by atoms with Crippen LogP contribution in [0.5, 0.6) is 0 Å². The second kappa shape index (κ2) is 7.71. The van der Waals surface area contributed by atoms with Crippen molar-refractivity contribution in [3.63, 3.8) is 0 Å². The van der Waals surface area contributed by atoms with Gasteiger partial charge in [0, 0.05) is 18.4 Å². The van der Waals surface area contributed by atoms with Gasteiger partial charge in [0.1, 0.15) is 5.82 Å². The third-order valence-corrected chi connectivity index (χ3v) is 4.20. The van der Waals surface area contributed by atoms with E-state index >= 15 is 0 Å². The van der Waals surface area contributed by atoms with Crippen LogP contribution in [0.4, 0.5) is 4.39 Å². The maximum absolute atomic E-state index is 13.6. The number of carbonyl (C=O) groups is 1. The Morgan fingerprint density at radius 2 is 1.81 bits per heavy atom. The largest absolute Gasteiger partial charge is 0.333 e. The Kier molecular flexibility index (Phi) is 5.94. The van der Waals surface area contributed by atoms with Crippen molar-refractivity contribution >= 4 is 37.8 Å². The smallest absolute Gasteiger partial charge is 0.255 e. The van der Waals surface area contributed by atoms with Gasteiger partial charge in [0.05, 0.1) is 10.0 Å². The van der Waals surface area contributed by atoms with E-state index in [0.29, 0.717) is 24.0 Å². The maximum atomic E-state index is 13.6. The Hall–Kier alpha value is -1.20. The Labute approximate surface area is 140 Å². The molecule has 0 heterocycles. The normalized spacial score (nSPS) is 10.4. The lowest BCUT2D eigenvalue weighted by atomic mass is 10.1. The number of hydrogen-bond acceptors (Lipinski definition) is 1. The zero-order valence-electron chi connectivity index (χ0n) is 11.2. The predicted octanol–water partition coefficient (Wildman–Crippen LogP) is 4.63. The van der Waals surface area contributed by atoms with Crippen LogP contribution in [0.3, 0.4) is 0 Å². The van der Waals surface area contributed by atoms with Crippen LogP contribution in [-0.4, -0.2) is 22.7 Å². The first-order chi connectivity index (χ1) is 10.1. The van der Waals surface area contributed by atoms with Crippen LogP contribution < -0.4 is 0 Å². The molecule has 0 radical (unpaired) electrons. The van der Waals surface area contributed by atoms with Gasteiger partial charge in [-0.1, -0.05) is 52.3 Å². The highest BCUT2D eigenvalue weighted by Gasteiger charge is 2.19. The number of hydrogen-bond donors (Lipinski definition) is 0. The van der Waals surface area contributed by atoms with Crippen molar-refractivity contribution in [1.29, 1.82) is 0 Å². The Balaban J connectivity index is 2.25. The van der Waals surface area contributed by atoms with E-state index < -0.39 is 5.82 Å². The monoisotopic (exact) mass is 413 g/mol. The predicted molar refractivity (Wildman–Crippen MR) is 89.1 cm³/mol. The molecule has 0 aliphatic carbocycles. The summed E-state index contributed by atoms with van der Waals surface area (Å²) >= 11 is 6.51. The Bertz CT molecular complexity index is 619. The van der Waals surface area contributed by atoms with E-state index in [0.717, 1.165) is 5.56 Å². The molecule has 0 unspecified atom stereocenters. The van der Waals surface area contributed by atoms with Crippen molar-refractivity contribution in [3.8, 4) is 0 Å². The maximum Gasteiger partial charge on any atom is 0.255 e. The molecule has 0 fully saturated rings. The van der Waals surface area contributed by atoms with Gasteiger partial charge in [0.25, 0.3) is 5.91 Å². The molecule has 0 atom stereocenters. The molecule has 0 bridgehead atoms. The molecule has 5 heteroatoms.